The number of nitriles is 2. The van der Waals surface area contributed by atoms with E-state index in [0.29, 0.717) is 0 Å². The van der Waals surface area contributed by atoms with E-state index < -0.39 is 57.6 Å². The number of halogens is 10. The second-order valence-corrected chi connectivity index (χ2v) is 5.35. The zero-order valence-corrected chi connectivity index (χ0v) is 12.7. The fourth-order valence-electron chi connectivity index (χ4n) is 2.08. The lowest BCUT2D eigenvalue weighted by Gasteiger charge is -2.30. The van der Waals surface area contributed by atoms with Crippen molar-refractivity contribution in [3.05, 3.63) is 33.9 Å². The first-order chi connectivity index (χ1) is 11.5. The number of hydrogen-bond acceptors (Lipinski definition) is 2. The van der Waals surface area contributed by atoms with Crippen LogP contribution in [0, 0.1) is 34.3 Å². The summed E-state index contributed by atoms with van der Waals surface area (Å²) in [4.78, 5) is 0. The third-order valence-corrected chi connectivity index (χ3v) is 3.61. The van der Waals surface area contributed by atoms with Crippen molar-refractivity contribution in [1.82, 2.24) is 0 Å². The van der Waals surface area contributed by atoms with Crippen molar-refractivity contribution < 1.29 is 43.9 Å². The van der Waals surface area contributed by atoms with Crippen LogP contribution in [0.25, 0.3) is 0 Å². The normalized spacial score (nSPS) is 17.0. The Labute approximate surface area is 139 Å². The quantitative estimate of drug-likeness (QED) is 0.650. The fraction of sp³-hybridized carbons (Fsp3) is 0.429. The second kappa shape index (κ2) is 6.04. The summed E-state index contributed by atoms with van der Waals surface area (Å²) in [6.07, 6.45) is -11.9. The molecule has 0 N–H and O–H groups in total. The van der Waals surface area contributed by atoms with Crippen molar-refractivity contribution >= 4 is 0 Å². The van der Waals surface area contributed by atoms with E-state index in [0.717, 1.165) is 12.1 Å². The highest BCUT2D eigenvalue weighted by atomic mass is 19.4. The molecule has 0 saturated carbocycles. The van der Waals surface area contributed by atoms with E-state index in [1.807, 2.05) is 0 Å². The van der Waals surface area contributed by atoms with Gasteiger partial charge in [-0.25, -0.2) is 17.6 Å². The Kier molecular flexibility index (Phi) is 5.00. The van der Waals surface area contributed by atoms with E-state index in [1.165, 1.54) is 0 Å². The Balaban J connectivity index is 4.19. The maximum absolute atomic E-state index is 14.1. The van der Waals surface area contributed by atoms with Crippen molar-refractivity contribution in [2.45, 2.75) is 37.5 Å². The summed E-state index contributed by atoms with van der Waals surface area (Å²) >= 11 is 0. The molecule has 2 nitrogen and oxygen atoms in total. The smallest absolute Gasteiger partial charge is 0.229 e. The Morgan fingerprint density at radius 2 is 0.846 bits per heavy atom. The summed E-state index contributed by atoms with van der Waals surface area (Å²) in [5, 5.41) is 17.7. The standard InChI is InChI=1S/C14H6F10N2/c1-11(17,13(19,20)21)7-5(3-25)6(4-26)8(10(16)9(7)15)12(2,18)14(22,23)24/h1-2H3. The molecule has 2 unspecified atom stereocenters. The second-order valence-electron chi connectivity index (χ2n) is 5.35. The van der Waals surface area contributed by atoms with Gasteiger partial charge in [-0.05, 0) is 13.8 Å². The van der Waals surface area contributed by atoms with Crippen LogP contribution in [0.1, 0.15) is 36.1 Å². The zero-order valence-electron chi connectivity index (χ0n) is 12.7. The van der Waals surface area contributed by atoms with Gasteiger partial charge in [0.25, 0.3) is 0 Å². The van der Waals surface area contributed by atoms with Crippen LogP contribution in [0.4, 0.5) is 43.9 Å². The van der Waals surface area contributed by atoms with E-state index in [2.05, 4.69) is 0 Å². The molecule has 0 heterocycles. The monoisotopic (exact) mass is 392 g/mol. The molecule has 0 aromatic heterocycles. The number of benzene rings is 1. The van der Waals surface area contributed by atoms with Gasteiger partial charge in [0.15, 0.2) is 11.6 Å². The zero-order chi connectivity index (χ0) is 20.9. The molecule has 0 aliphatic rings. The highest BCUT2D eigenvalue weighted by Crippen LogP contribution is 2.50. The lowest BCUT2D eigenvalue weighted by Crippen LogP contribution is -2.40. The average Bonchev–Trinajstić information content (AvgIpc) is 2.45. The molecule has 0 aliphatic heterocycles. The molecule has 0 saturated heterocycles. The maximum atomic E-state index is 14.1. The summed E-state index contributed by atoms with van der Waals surface area (Å²) in [6.45, 7) is -0.657. The third-order valence-electron chi connectivity index (χ3n) is 3.61. The minimum Gasteiger partial charge on any atom is -0.229 e. The summed E-state index contributed by atoms with van der Waals surface area (Å²) in [6, 6.07) is 1.44. The van der Waals surface area contributed by atoms with Gasteiger partial charge in [-0.2, -0.15) is 36.9 Å². The molecular formula is C14H6F10N2. The van der Waals surface area contributed by atoms with Crippen molar-refractivity contribution in [3.63, 3.8) is 0 Å². The van der Waals surface area contributed by atoms with Gasteiger partial charge in [0.2, 0.25) is 11.3 Å². The van der Waals surface area contributed by atoms with Crippen LogP contribution in [0.5, 0.6) is 0 Å². The van der Waals surface area contributed by atoms with Gasteiger partial charge in [-0.1, -0.05) is 0 Å². The van der Waals surface area contributed by atoms with Crippen LogP contribution in [-0.2, 0) is 11.3 Å². The predicted molar refractivity (Wildman–Crippen MR) is 64.8 cm³/mol. The largest absolute Gasteiger partial charge is 0.426 e. The first-order valence-corrected chi connectivity index (χ1v) is 6.34. The minimum absolute atomic E-state index is 0.328. The Morgan fingerprint density at radius 1 is 0.615 bits per heavy atom. The fourth-order valence-corrected chi connectivity index (χ4v) is 2.08. The highest BCUT2D eigenvalue weighted by molar-refractivity contribution is 5.59. The maximum Gasteiger partial charge on any atom is 0.426 e. The molecule has 2 atom stereocenters. The van der Waals surface area contributed by atoms with Crippen molar-refractivity contribution in [2.24, 2.45) is 0 Å². The van der Waals surface area contributed by atoms with Crippen LogP contribution in [0.15, 0.2) is 0 Å². The molecular weight excluding hydrogens is 386 g/mol. The van der Waals surface area contributed by atoms with Gasteiger partial charge >= 0.3 is 12.4 Å². The minimum atomic E-state index is -5.93. The molecule has 26 heavy (non-hydrogen) atoms. The lowest BCUT2D eigenvalue weighted by molar-refractivity contribution is -0.231. The van der Waals surface area contributed by atoms with Gasteiger partial charge in [0.05, 0.1) is 22.3 Å². The Bertz CT molecular complexity index is 750. The van der Waals surface area contributed by atoms with Gasteiger partial charge < -0.3 is 0 Å². The number of alkyl halides is 8. The SMILES string of the molecule is CC(F)(c1c(F)c(F)c(C(C)(F)C(F)(F)F)c(C#N)c1C#N)C(F)(F)F. The molecule has 1 rings (SSSR count). The van der Waals surface area contributed by atoms with Crippen LogP contribution in [0.3, 0.4) is 0 Å². The molecule has 1 aromatic rings. The van der Waals surface area contributed by atoms with E-state index in [4.69, 9.17) is 10.5 Å². The highest BCUT2D eigenvalue weighted by Gasteiger charge is 2.60. The van der Waals surface area contributed by atoms with E-state index in [1.54, 1.807) is 0 Å². The van der Waals surface area contributed by atoms with Crippen molar-refractivity contribution in [2.75, 3.05) is 0 Å². The third kappa shape index (κ3) is 2.93. The number of hydrogen-bond donors (Lipinski definition) is 0. The van der Waals surface area contributed by atoms with Gasteiger partial charge in [-0.15, -0.1) is 0 Å². The molecule has 1 aromatic carbocycles. The topological polar surface area (TPSA) is 47.6 Å². The van der Waals surface area contributed by atoms with Gasteiger partial charge in [-0.3, -0.25) is 0 Å². The first kappa shape index (κ1) is 21.5. The predicted octanol–water partition coefficient (Wildman–Crippen LogP) is 5.20. The van der Waals surface area contributed by atoms with Gasteiger partial charge in [0.1, 0.15) is 12.1 Å². The number of rotatable bonds is 2. The van der Waals surface area contributed by atoms with E-state index >= 15 is 0 Å². The molecule has 0 aliphatic carbocycles. The molecule has 0 radical (unpaired) electrons. The summed E-state index contributed by atoms with van der Waals surface area (Å²) < 4.78 is 133. The van der Waals surface area contributed by atoms with Crippen LogP contribution < -0.4 is 0 Å². The van der Waals surface area contributed by atoms with Gasteiger partial charge in [0, 0.05) is 0 Å². The summed E-state index contributed by atoms with van der Waals surface area (Å²) in [5.41, 5.74) is -18.0. The van der Waals surface area contributed by atoms with Crippen LogP contribution >= 0.6 is 0 Å². The summed E-state index contributed by atoms with van der Waals surface area (Å²) in [5.74, 6) is -5.71. The van der Waals surface area contributed by atoms with Crippen LogP contribution in [0.2, 0.25) is 0 Å². The van der Waals surface area contributed by atoms with Crippen molar-refractivity contribution in [3.8, 4) is 12.1 Å². The lowest BCUT2D eigenvalue weighted by atomic mass is 9.82. The van der Waals surface area contributed by atoms with E-state index in [-0.39, 0.29) is 13.8 Å². The van der Waals surface area contributed by atoms with Crippen LogP contribution in [-0.4, -0.2) is 12.4 Å². The van der Waals surface area contributed by atoms with Crippen molar-refractivity contribution in [1.29, 1.82) is 10.5 Å². The molecule has 0 fully saturated rings. The summed E-state index contributed by atoms with van der Waals surface area (Å²) in [7, 11) is 0. The van der Waals surface area contributed by atoms with E-state index in [9.17, 15) is 43.9 Å². The Morgan fingerprint density at radius 3 is 1.00 bits per heavy atom. The first-order valence-electron chi connectivity index (χ1n) is 6.34. The average molecular weight is 392 g/mol. The molecule has 0 amide bonds. The molecule has 0 bridgehead atoms. The molecule has 12 heteroatoms. The Hall–Kier alpha value is -2.50. The molecule has 142 valence electrons. The molecule has 0 spiro atoms. The number of nitrogens with zero attached hydrogens (tertiary/aromatic N) is 2.